The van der Waals surface area contributed by atoms with Crippen molar-refractivity contribution in [2.75, 3.05) is 6.61 Å². The van der Waals surface area contributed by atoms with Crippen molar-refractivity contribution in [1.29, 1.82) is 0 Å². The highest BCUT2D eigenvalue weighted by Gasteiger charge is 2.19. The molecule has 0 fully saturated rings. The number of benzene rings is 1. The third-order valence-corrected chi connectivity index (χ3v) is 3.67. The van der Waals surface area contributed by atoms with Crippen molar-refractivity contribution in [1.82, 2.24) is 9.78 Å². The number of hydrogen-bond donors (Lipinski definition) is 1. The molecule has 19 heavy (non-hydrogen) atoms. The highest BCUT2D eigenvalue weighted by molar-refractivity contribution is 5.86. The number of aromatic nitrogens is 2. The average molecular weight is 260 g/mol. The summed E-state index contributed by atoms with van der Waals surface area (Å²) < 4.78 is 2.01. The van der Waals surface area contributed by atoms with Gasteiger partial charge in [-0.05, 0) is 37.8 Å². The van der Waals surface area contributed by atoms with Crippen LogP contribution >= 0.6 is 0 Å². The molecule has 1 heterocycles. The SMILES string of the molecule is CCc1cc(C)cc2c(C(C)C)n([C@@H](C)CO)nc12. The Bertz CT molecular complexity index is 584. The zero-order valence-electron chi connectivity index (χ0n) is 12.6. The summed E-state index contributed by atoms with van der Waals surface area (Å²) in [6.45, 7) is 10.8. The van der Waals surface area contributed by atoms with E-state index in [2.05, 4.69) is 39.8 Å². The van der Waals surface area contributed by atoms with Gasteiger partial charge in [-0.25, -0.2) is 0 Å². The van der Waals surface area contributed by atoms with Crippen LogP contribution in [0.2, 0.25) is 0 Å². The normalized spacial score (nSPS) is 13.4. The van der Waals surface area contributed by atoms with Gasteiger partial charge in [-0.1, -0.05) is 32.4 Å². The lowest BCUT2D eigenvalue weighted by Gasteiger charge is -2.15. The largest absolute Gasteiger partial charge is 0.394 e. The van der Waals surface area contributed by atoms with E-state index >= 15 is 0 Å². The van der Waals surface area contributed by atoms with Gasteiger partial charge in [0.05, 0.1) is 18.2 Å². The quantitative estimate of drug-likeness (QED) is 0.912. The van der Waals surface area contributed by atoms with Crippen LogP contribution in [0.1, 0.15) is 56.5 Å². The molecule has 2 aromatic rings. The second-order valence-corrected chi connectivity index (χ2v) is 5.69. The molecule has 0 unspecified atom stereocenters. The van der Waals surface area contributed by atoms with E-state index in [9.17, 15) is 5.11 Å². The summed E-state index contributed by atoms with van der Waals surface area (Å²) >= 11 is 0. The number of aliphatic hydroxyl groups is 1. The zero-order valence-corrected chi connectivity index (χ0v) is 12.6. The van der Waals surface area contributed by atoms with Gasteiger partial charge in [0.25, 0.3) is 0 Å². The van der Waals surface area contributed by atoms with E-state index < -0.39 is 0 Å². The van der Waals surface area contributed by atoms with Crippen LogP contribution in [0, 0.1) is 6.92 Å². The third kappa shape index (κ3) is 2.39. The van der Waals surface area contributed by atoms with Gasteiger partial charge in [-0.2, -0.15) is 5.10 Å². The van der Waals surface area contributed by atoms with Crippen LogP contribution in [0.3, 0.4) is 0 Å². The maximum absolute atomic E-state index is 9.44. The van der Waals surface area contributed by atoms with Gasteiger partial charge in [-0.15, -0.1) is 0 Å². The number of rotatable bonds is 4. The second kappa shape index (κ2) is 5.33. The fourth-order valence-corrected chi connectivity index (χ4v) is 2.71. The number of fused-ring (bicyclic) bond motifs is 1. The minimum atomic E-state index is 0.0230. The highest BCUT2D eigenvalue weighted by Crippen LogP contribution is 2.31. The number of aryl methyl sites for hydroxylation is 2. The van der Waals surface area contributed by atoms with Crippen LogP contribution < -0.4 is 0 Å². The first-order valence-electron chi connectivity index (χ1n) is 7.12. The number of aliphatic hydroxyl groups excluding tert-OH is 1. The van der Waals surface area contributed by atoms with E-state index in [1.165, 1.54) is 22.2 Å². The van der Waals surface area contributed by atoms with Gasteiger partial charge in [0.1, 0.15) is 0 Å². The van der Waals surface area contributed by atoms with Gasteiger partial charge >= 0.3 is 0 Å². The van der Waals surface area contributed by atoms with Crippen molar-refractivity contribution in [2.45, 2.75) is 53.0 Å². The molecular formula is C16H24N2O. The summed E-state index contributed by atoms with van der Waals surface area (Å²) in [4.78, 5) is 0. The van der Waals surface area contributed by atoms with Crippen LogP contribution in [0.25, 0.3) is 10.9 Å². The lowest BCUT2D eigenvalue weighted by Crippen LogP contribution is -2.14. The summed E-state index contributed by atoms with van der Waals surface area (Å²) in [5, 5.41) is 15.5. The Morgan fingerprint density at radius 3 is 2.47 bits per heavy atom. The molecule has 3 heteroatoms. The van der Waals surface area contributed by atoms with E-state index in [1.807, 2.05) is 11.6 Å². The molecule has 1 atom stereocenters. The molecule has 0 spiro atoms. The maximum atomic E-state index is 9.44. The molecule has 0 aliphatic rings. The molecule has 0 amide bonds. The predicted molar refractivity (Wildman–Crippen MR) is 79.7 cm³/mol. The van der Waals surface area contributed by atoms with Crippen LogP contribution in [0.15, 0.2) is 12.1 Å². The molecule has 0 saturated heterocycles. The lowest BCUT2D eigenvalue weighted by atomic mass is 10.00. The van der Waals surface area contributed by atoms with Gasteiger partial charge in [0.15, 0.2) is 0 Å². The Labute approximate surface area is 115 Å². The highest BCUT2D eigenvalue weighted by atomic mass is 16.3. The Hall–Kier alpha value is -1.35. The molecule has 0 aliphatic carbocycles. The summed E-state index contributed by atoms with van der Waals surface area (Å²) in [5.41, 5.74) is 4.90. The molecule has 0 radical (unpaired) electrons. The van der Waals surface area contributed by atoms with E-state index in [-0.39, 0.29) is 12.6 Å². The number of hydrogen-bond acceptors (Lipinski definition) is 2. The minimum absolute atomic E-state index is 0.0230. The van der Waals surface area contributed by atoms with Crippen molar-refractivity contribution >= 4 is 10.9 Å². The van der Waals surface area contributed by atoms with E-state index in [0.29, 0.717) is 5.92 Å². The molecular weight excluding hydrogens is 236 g/mol. The van der Waals surface area contributed by atoms with Gasteiger partial charge in [0, 0.05) is 11.1 Å². The molecule has 0 bridgehead atoms. The standard InChI is InChI=1S/C16H24N2O/c1-6-13-7-11(4)8-14-15(13)17-18(12(5)9-19)16(14)10(2)3/h7-8,10,12,19H,6,9H2,1-5H3/t12-/m0/s1. The molecule has 0 saturated carbocycles. The van der Waals surface area contributed by atoms with Crippen LogP contribution in [-0.2, 0) is 6.42 Å². The summed E-state index contributed by atoms with van der Waals surface area (Å²) in [6.07, 6.45) is 0.986. The fraction of sp³-hybridized carbons (Fsp3) is 0.562. The monoisotopic (exact) mass is 260 g/mol. The zero-order chi connectivity index (χ0) is 14.2. The Balaban J connectivity index is 2.80. The first-order valence-corrected chi connectivity index (χ1v) is 7.12. The van der Waals surface area contributed by atoms with Crippen molar-refractivity contribution in [3.63, 3.8) is 0 Å². The van der Waals surface area contributed by atoms with Gasteiger partial charge in [-0.3, -0.25) is 4.68 Å². The Morgan fingerprint density at radius 2 is 1.95 bits per heavy atom. The minimum Gasteiger partial charge on any atom is -0.394 e. The van der Waals surface area contributed by atoms with E-state index in [0.717, 1.165) is 11.9 Å². The first-order chi connectivity index (χ1) is 8.99. The number of nitrogens with zero attached hydrogens (tertiary/aromatic N) is 2. The van der Waals surface area contributed by atoms with Crippen molar-refractivity contribution in [2.24, 2.45) is 0 Å². The van der Waals surface area contributed by atoms with Crippen molar-refractivity contribution in [3.8, 4) is 0 Å². The van der Waals surface area contributed by atoms with Crippen LogP contribution in [0.5, 0.6) is 0 Å². The smallest absolute Gasteiger partial charge is 0.0958 e. The topological polar surface area (TPSA) is 38.0 Å². The molecule has 3 nitrogen and oxygen atoms in total. The lowest BCUT2D eigenvalue weighted by molar-refractivity contribution is 0.227. The van der Waals surface area contributed by atoms with Gasteiger partial charge in [0.2, 0.25) is 0 Å². The molecule has 104 valence electrons. The van der Waals surface area contributed by atoms with E-state index in [1.54, 1.807) is 0 Å². The Morgan fingerprint density at radius 1 is 1.26 bits per heavy atom. The first kappa shape index (κ1) is 14.1. The third-order valence-electron chi connectivity index (χ3n) is 3.67. The fourth-order valence-electron chi connectivity index (χ4n) is 2.71. The summed E-state index contributed by atoms with van der Waals surface area (Å²) in [5.74, 6) is 0.394. The summed E-state index contributed by atoms with van der Waals surface area (Å²) in [7, 11) is 0. The maximum Gasteiger partial charge on any atom is 0.0958 e. The average Bonchev–Trinajstić information content (AvgIpc) is 2.75. The summed E-state index contributed by atoms with van der Waals surface area (Å²) in [6, 6.07) is 4.46. The molecule has 2 rings (SSSR count). The Kier molecular flexibility index (Phi) is 3.95. The molecule has 1 aromatic carbocycles. The molecule has 1 N–H and O–H groups in total. The van der Waals surface area contributed by atoms with Gasteiger partial charge < -0.3 is 5.11 Å². The van der Waals surface area contributed by atoms with Crippen LogP contribution in [-0.4, -0.2) is 21.5 Å². The van der Waals surface area contributed by atoms with Crippen molar-refractivity contribution in [3.05, 3.63) is 29.0 Å². The van der Waals surface area contributed by atoms with E-state index in [4.69, 9.17) is 5.10 Å². The predicted octanol–water partition coefficient (Wildman–Crippen LogP) is 3.58. The second-order valence-electron chi connectivity index (χ2n) is 5.69. The van der Waals surface area contributed by atoms with Crippen molar-refractivity contribution < 1.29 is 5.11 Å². The molecule has 1 aromatic heterocycles. The van der Waals surface area contributed by atoms with Crippen LogP contribution in [0.4, 0.5) is 0 Å². The molecule has 0 aliphatic heterocycles.